The van der Waals surface area contributed by atoms with Crippen LogP contribution >= 0.6 is 23.1 Å². The van der Waals surface area contributed by atoms with Gasteiger partial charge in [0.25, 0.3) is 0 Å². The van der Waals surface area contributed by atoms with Crippen LogP contribution in [0.3, 0.4) is 0 Å². The highest BCUT2D eigenvalue weighted by atomic mass is 32.2. The van der Waals surface area contributed by atoms with E-state index in [2.05, 4.69) is 11.1 Å². The van der Waals surface area contributed by atoms with Crippen LogP contribution < -0.4 is 14.5 Å². The summed E-state index contributed by atoms with van der Waals surface area (Å²) < 4.78 is 48.3. The number of H-pyrrole nitrogens is 1. The third-order valence-electron chi connectivity index (χ3n) is 9.91. The summed E-state index contributed by atoms with van der Waals surface area (Å²) in [6.45, 7) is 2.37. The number of anilines is 1. The Morgan fingerprint density at radius 1 is 0.933 bits per heavy atom. The SMILES string of the molecule is Cc1cccc(COc2ccccc2[C@H]2c3sc(=O)[nH]c3SC3C4CC(C5C(=O)N(c6ccccc6C(F)(F)F)C(=O)C45)C32)c1. The number of ether oxygens (including phenoxy) is 1. The molecule has 1 aromatic heterocycles. The third kappa shape index (κ3) is 4.41. The van der Waals surface area contributed by atoms with Crippen LogP contribution in [0, 0.1) is 36.5 Å². The van der Waals surface area contributed by atoms with Gasteiger partial charge in [0.1, 0.15) is 12.4 Å². The Morgan fingerprint density at radius 3 is 2.44 bits per heavy atom. The fraction of sp³-hybridized carbons (Fsp3) is 0.324. The van der Waals surface area contributed by atoms with Gasteiger partial charge in [-0.05, 0) is 54.9 Å². The van der Waals surface area contributed by atoms with Gasteiger partial charge < -0.3 is 9.72 Å². The van der Waals surface area contributed by atoms with Crippen LogP contribution in [-0.2, 0) is 22.4 Å². The fourth-order valence-electron chi connectivity index (χ4n) is 8.34. The van der Waals surface area contributed by atoms with Gasteiger partial charge in [0, 0.05) is 21.6 Å². The lowest BCUT2D eigenvalue weighted by molar-refractivity contribution is -0.137. The van der Waals surface area contributed by atoms with Crippen molar-refractivity contribution in [1.82, 2.24) is 4.98 Å². The number of nitrogens with one attached hydrogen (secondary N) is 1. The zero-order chi connectivity index (χ0) is 31.2. The number of hydrogen-bond donors (Lipinski definition) is 1. The molecule has 0 radical (unpaired) electrons. The molecular formula is C34H27F3N2O4S2. The van der Waals surface area contributed by atoms with E-state index in [4.69, 9.17) is 4.74 Å². The number of carbonyl (C=O) groups excluding carboxylic acids is 2. The molecule has 1 N–H and O–H groups in total. The molecule has 2 aliphatic heterocycles. The molecule has 11 heteroatoms. The second-order valence-electron chi connectivity index (χ2n) is 12.3. The Balaban J connectivity index is 1.19. The van der Waals surface area contributed by atoms with Gasteiger partial charge in [-0.1, -0.05) is 71.5 Å². The zero-order valence-electron chi connectivity index (χ0n) is 23.9. The van der Waals surface area contributed by atoms with E-state index in [1.54, 1.807) is 0 Å². The van der Waals surface area contributed by atoms with Crippen LogP contribution in [0.5, 0.6) is 5.75 Å². The number of benzene rings is 3. The van der Waals surface area contributed by atoms with Crippen molar-refractivity contribution >= 4 is 40.6 Å². The highest BCUT2D eigenvalue weighted by Crippen LogP contribution is 2.69. The van der Waals surface area contributed by atoms with Crippen molar-refractivity contribution in [3.8, 4) is 5.75 Å². The second-order valence-corrected chi connectivity index (χ2v) is 14.5. The summed E-state index contributed by atoms with van der Waals surface area (Å²) in [5.41, 5.74) is 1.64. The van der Waals surface area contributed by atoms with Crippen molar-refractivity contribution in [3.05, 3.63) is 110 Å². The van der Waals surface area contributed by atoms with Gasteiger partial charge in [0.2, 0.25) is 11.8 Å². The Kier molecular flexibility index (Phi) is 6.58. The minimum Gasteiger partial charge on any atom is -0.489 e. The lowest BCUT2D eigenvalue weighted by atomic mass is 9.68. The maximum absolute atomic E-state index is 14.0. The minimum absolute atomic E-state index is 0.0987. The monoisotopic (exact) mass is 648 g/mol. The molecule has 4 aromatic rings. The normalized spacial score (nSPS) is 28.3. The third-order valence-corrected chi connectivity index (χ3v) is 12.5. The van der Waals surface area contributed by atoms with E-state index < -0.39 is 41.1 Å². The van der Waals surface area contributed by atoms with Crippen molar-refractivity contribution in [2.75, 3.05) is 4.90 Å². The van der Waals surface area contributed by atoms with Crippen LogP contribution in [0.1, 0.15) is 39.5 Å². The number of carbonyl (C=O) groups is 2. The zero-order valence-corrected chi connectivity index (χ0v) is 25.5. The Bertz CT molecular complexity index is 1920. The molecule has 7 atom stereocenters. The summed E-state index contributed by atoms with van der Waals surface area (Å²) >= 11 is 2.68. The minimum atomic E-state index is -4.72. The molecule has 0 spiro atoms. The Labute approximate surface area is 264 Å². The molecule has 3 fully saturated rings. The molecule has 230 valence electrons. The van der Waals surface area contributed by atoms with Crippen molar-refractivity contribution in [2.24, 2.45) is 29.6 Å². The molecule has 2 saturated carbocycles. The number of aromatic amines is 1. The molecule has 3 heterocycles. The maximum atomic E-state index is 14.0. The van der Waals surface area contributed by atoms with Crippen LogP contribution in [-0.4, -0.2) is 22.0 Å². The molecule has 3 aromatic carbocycles. The molecule has 2 bridgehead atoms. The Morgan fingerprint density at radius 2 is 1.67 bits per heavy atom. The number of alkyl halides is 3. The number of aryl methyl sites for hydroxylation is 1. The highest BCUT2D eigenvalue weighted by molar-refractivity contribution is 8.00. The lowest BCUT2D eigenvalue weighted by Gasteiger charge is -2.43. The number of rotatable bonds is 5. The van der Waals surface area contributed by atoms with E-state index in [0.29, 0.717) is 18.8 Å². The first-order chi connectivity index (χ1) is 21.6. The smallest absolute Gasteiger partial charge is 0.418 e. The number of thiazole rings is 1. The van der Waals surface area contributed by atoms with Gasteiger partial charge in [-0.3, -0.25) is 14.4 Å². The van der Waals surface area contributed by atoms with E-state index in [9.17, 15) is 27.6 Å². The summed E-state index contributed by atoms with van der Waals surface area (Å²) in [5.74, 6) is -2.70. The molecule has 2 aliphatic carbocycles. The number of nitrogens with zero attached hydrogens (tertiary/aromatic N) is 1. The van der Waals surface area contributed by atoms with E-state index in [-0.39, 0.29) is 33.8 Å². The largest absolute Gasteiger partial charge is 0.489 e. The number of imide groups is 1. The van der Waals surface area contributed by atoms with Crippen LogP contribution in [0.2, 0.25) is 0 Å². The molecule has 6 unspecified atom stereocenters. The van der Waals surface area contributed by atoms with E-state index in [0.717, 1.165) is 48.9 Å². The van der Waals surface area contributed by atoms with Gasteiger partial charge in [0.15, 0.2) is 0 Å². The number of hydrogen-bond acceptors (Lipinski definition) is 6. The molecule has 45 heavy (non-hydrogen) atoms. The second kappa shape index (κ2) is 10.3. The van der Waals surface area contributed by atoms with E-state index in [1.807, 2.05) is 49.4 Å². The lowest BCUT2D eigenvalue weighted by Crippen LogP contribution is -2.42. The standard InChI is InChI=1S/C34H27F3N2O4S2/c1-16-7-6-8-17(13-16)15-43-23-12-5-2-9-18(23)24-25-19-14-20(28(25)44-30-29(24)45-33(42)38-30)27-26(19)31(40)39(32(27)41)22-11-4-3-10-21(22)34(35,36)37/h2-13,19-20,24-28H,14-15H2,1H3,(H,38,42)/t19?,20?,24-,25?,26?,27?,28?/m1/s1. The molecule has 6 nitrogen and oxygen atoms in total. The Hall–Kier alpha value is -3.83. The first-order valence-corrected chi connectivity index (χ1v) is 16.5. The maximum Gasteiger partial charge on any atom is 0.418 e. The van der Waals surface area contributed by atoms with Gasteiger partial charge in [0.05, 0.1) is 28.1 Å². The quantitative estimate of drug-likeness (QED) is 0.236. The molecule has 2 amide bonds. The topological polar surface area (TPSA) is 79.5 Å². The summed E-state index contributed by atoms with van der Waals surface area (Å²) in [4.78, 5) is 45.1. The molecule has 8 rings (SSSR count). The number of para-hydroxylation sites is 2. The van der Waals surface area contributed by atoms with Crippen molar-refractivity contribution < 1.29 is 27.5 Å². The van der Waals surface area contributed by atoms with Crippen LogP contribution in [0.15, 0.2) is 82.6 Å². The van der Waals surface area contributed by atoms with Gasteiger partial charge >= 0.3 is 11.0 Å². The number of amides is 2. The summed E-state index contributed by atoms with van der Waals surface area (Å²) in [6, 6.07) is 20.6. The van der Waals surface area contributed by atoms with Crippen LogP contribution in [0.25, 0.3) is 0 Å². The summed E-state index contributed by atoms with van der Waals surface area (Å²) in [5, 5.41) is 0.656. The first-order valence-electron chi connectivity index (χ1n) is 14.8. The van der Waals surface area contributed by atoms with Gasteiger partial charge in [-0.15, -0.1) is 11.8 Å². The molecular weight excluding hydrogens is 622 g/mol. The van der Waals surface area contributed by atoms with Crippen molar-refractivity contribution in [3.63, 3.8) is 0 Å². The first kappa shape index (κ1) is 28.6. The number of fused-ring (bicyclic) bond motifs is 9. The predicted octanol–water partition coefficient (Wildman–Crippen LogP) is 7.02. The predicted molar refractivity (Wildman–Crippen MR) is 164 cm³/mol. The molecule has 4 aliphatic rings. The number of thioether (sulfide) groups is 1. The van der Waals surface area contributed by atoms with E-state index in [1.165, 1.54) is 30.0 Å². The average Bonchev–Trinajstić information content (AvgIpc) is 3.74. The van der Waals surface area contributed by atoms with Crippen molar-refractivity contribution in [1.29, 1.82) is 0 Å². The fourth-order valence-corrected chi connectivity index (χ4v) is 11.2. The highest BCUT2D eigenvalue weighted by Gasteiger charge is 2.70. The van der Waals surface area contributed by atoms with Crippen LogP contribution in [0.4, 0.5) is 18.9 Å². The average molecular weight is 649 g/mol. The van der Waals surface area contributed by atoms with Gasteiger partial charge in [-0.25, -0.2) is 4.90 Å². The van der Waals surface area contributed by atoms with E-state index >= 15 is 0 Å². The molecule has 1 saturated heterocycles. The summed E-state index contributed by atoms with van der Waals surface area (Å²) in [7, 11) is 0. The summed E-state index contributed by atoms with van der Waals surface area (Å²) in [6.07, 6.45) is -4.09. The van der Waals surface area contributed by atoms with Gasteiger partial charge in [-0.2, -0.15) is 13.2 Å². The number of halogens is 3. The van der Waals surface area contributed by atoms with Crippen molar-refractivity contribution in [2.45, 2.75) is 42.3 Å². The number of aromatic nitrogens is 1.